The van der Waals surface area contributed by atoms with Gasteiger partial charge in [-0.3, -0.25) is 4.79 Å². The second-order valence-corrected chi connectivity index (χ2v) is 7.76. The minimum absolute atomic E-state index is 0.144. The molecule has 2 N–H and O–H groups in total. The van der Waals surface area contributed by atoms with Crippen LogP contribution in [-0.2, 0) is 28.8 Å². The van der Waals surface area contributed by atoms with Gasteiger partial charge in [0.1, 0.15) is 0 Å². The van der Waals surface area contributed by atoms with Crippen molar-refractivity contribution in [3.8, 4) is 0 Å². The van der Waals surface area contributed by atoms with E-state index in [1.54, 1.807) is 6.07 Å². The molecule has 5 heteroatoms. The highest BCUT2D eigenvalue weighted by molar-refractivity contribution is 6.30. The summed E-state index contributed by atoms with van der Waals surface area (Å²) in [6, 6.07) is 14.2. The SMILES string of the molecule is CCOC(=O)CCc1ccc2c(c1)C[C@H](NC[C@@H](O)c1cccc(Cl)c1)CC2. The standard InChI is InChI=1S/C23H28ClNO3/c1-2-28-23(27)11-7-16-6-8-17-9-10-21(14-19(17)12-16)25-15-22(26)18-4-3-5-20(24)13-18/h3-6,8,12-13,21-22,25-26H,2,7,9-11,14-15H2,1H3/t21-,22-/m1/s1. The van der Waals surface area contributed by atoms with Crippen LogP contribution in [0.15, 0.2) is 42.5 Å². The third-order valence-corrected chi connectivity index (χ3v) is 5.49. The van der Waals surface area contributed by atoms with Gasteiger partial charge in [0.2, 0.25) is 0 Å². The molecule has 0 saturated heterocycles. The number of carbonyl (C=O) groups excluding carboxylic acids is 1. The molecular formula is C23H28ClNO3. The Hall–Kier alpha value is -1.88. The van der Waals surface area contributed by atoms with E-state index in [0.717, 1.165) is 24.8 Å². The maximum atomic E-state index is 11.6. The molecule has 0 spiro atoms. The van der Waals surface area contributed by atoms with Gasteiger partial charge < -0.3 is 15.2 Å². The summed E-state index contributed by atoms with van der Waals surface area (Å²) in [4.78, 5) is 11.6. The monoisotopic (exact) mass is 401 g/mol. The molecule has 0 fully saturated rings. The van der Waals surface area contributed by atoms with E-state index in [-0.39, 0.29) is 5.97 Å². The van der Waals surface area contributed by atoms with Gasteiger partial charge in [-0.2, -0.15) is 0 Å². The predicted octanol–water partition coefficient (Wildman–Crippen LogP) is 4.02. The number of benzene rings is 2. The van der Waals surface area contributed by atoms with Crippen molar-refractivity contribution in [1.82, 2.24) is 5.32 Å². The molecule has 0 radical (unpaired) electrons. The fourth-order valence-corrected chi connectivity index (χ4v) is 3.93. The molecule has 0 aromatic heterocycles. The number of esters is 1. The molecular weight excluding hydrogens is 374 g/mol. The summed E-state index contributed by atoms with van der Waals surface area (Å²) in [5, 5.41) is 14.6. The number of aliphatic hydroxyl groups excluding tert-OH is 1. The van der Waals surface area contributed by atoms with Gasteiger partial charge in [-0.1, -0.05) is 41.9 Å². The number of hydrogen-bond donors (Lipinski definition) is 2. The zero-order valence-electron chi connectivity index (χ0n) is 16.3. The van der Waals surface area contributed by atoms with E-state index in [2.05, 4.69) is 23.5 Å². The smallest absolute Gasteiger partial charge is 0.306 e. The van der Waals surface area contributed by atoms with Crippen molar-refractivity contribution >= 4 is 17.6 Å². The van der Waals surface area contributed by atoms with Crippen LogP contribution in [-0.4, -0.2) is 30.3 Å². The van der Waals surface area contributed by atoms with Crippen LogP contribution in [0.1, 0.15) is 48.1 Å². The minimum Gasteiger partial charge on any atom is -0.466 e. The Balaban J connectivity index is 1.54. The van der Waals surface area contributed by atoms with Crippen LogP contribution in [0.2, 0.25) is 5.02 Å². The molecule has 0 saturated carbocycles. The third kappa shape index (κ3) is 5.81. The molecule has 3 rings (SSSR count). The van der Waals surface area contributed by atoms with Crippen molar-refractivity contribution < 1.29 is 14.6 Å². The molecule has 2 aromatic rings. The first-order valence-electron chi connectivity index (χ1n) is 9.98. The fourth-order valence-electron chi connectivity index (χ4n) is 3.73. The number of rotatable bonds is 8. The summed E-state index contributed by atoms with van der Waals surface area (Å²) in [5.74, 6) is -0.144. The van der Waals surface area contributed by atoms with Crippen LogP contribution in [0.3, 0.4) is 0 Å². The van der Waals surface area contributed by atoms with Crippen molar-refractivity contribution in [2.24, 2.45) is 0 Å². The first kappa shape index (κ1) is 20.8. The number of aryl methyl sites for hydroxylation is 2. The van der Waals surface area contributed by atoms with Gasteiger partial charge in [-0.05, 0) is 67.0 Å². The molecule has 0 heterocycles. The van der Waals surface area contributed by atoms with Gasteiger partial charge in [-0.25, -0.2) is 0 Å². The molecule has 28 heavy (non-hydrogen) atoms. The highest BCUT2D eigenvalue weighted by atomic mass is 35.5. The van der Waals surface area contributed by atoms with Gasteiger partial charge in [0, 0.05) is 24.0 Å². The second kappa shape index (κ2) is 10.1. The maximum absolute atomic E-state index is 11.6. The van der Waals surface area contributed by atoms with Crippen molar-refractivity contribution in [3.63, 3.8) is 0 Å². The third-order valence-electron chi connectivity index (χ3n) is 5.26. The lowest BCUT2D eigenvalue weighted by Gasteiger charge is -2.27. The van der Waals surface area contributed by atoms with E-state index in [1.165, 1.54) is 16.7 Å². The Kier molecular flexibility index (Phi) is 7.49. The molecule has 1 aliphatic carbocycles. The molecule has 2 aromatic carbocycles. The quantitative estimate of drug-likeness (QED) is 0.656. The van der Waals surface area contributed by atoms with E-state index in [4.69, 9.17) is 16.3 Å². The highest BCUT2D eigenvalue weighted by Gasteiger charge is 2.20. The number of aliphatic hydroxyl groups is 1. The van der Waals surface area contributed by atoms with E-state index < -0.39 is 6.10 Å². The number of halogens is 1. The second-order valence-electron chi connectivity index (χ2n) is 7.33. The lowest BCUT2D eigenvalue weighted by Crippen LogP contribution is -2.37. The Morgan fingerprint density at radius 3 is 2.93 bits per heavy atom. The van der Waals surface area contributed by atoms with Crippen LogP contribution in [0.25, 0.3) is 0 Å². The van der Waals surface area contributed by atoms with E-state index in [0.29, 0.717) is 37.1 Å². The summed E-state index contributed by atoms with van der Waals surface area (Å²) in [5.41, 5.74) is 4.72. The van der Waals surface area contributed by atoms with Crippen LogP contribution in [0.5, 0.6) is 0 Å². The van der Waals surface area contributed by atoms with E-state index >= 15 is 0 Å². The summed E-state index contributed by atoms with van der Waals surface area (Å²) in [7, 11) is 0. The average Bonchev–Trinajstić information content (AvgIpc) is 2.70. The van der Waals surface area contributed by atoms with Crippen molar-refractivity contribution in [2.45, 2.75) is 51.2 Å². The van der Waals surface area contributed by atoms with Crippen LogP contribution < -0.4 is 5.32 Å². The lowest BCUT2D eigenvalue weighted by atomic mass is 9.86. The predicted molar refractivity (Wildman–Crippen MR) is 112 cm³/mol. The molecule has 150 valence electrons. The molecule has 0 bridgehead atoms. The number of fused-ring (bicyclic) bond motifs is 1. The first-order valence-corrected chi connectivity index (χ1v) is 10.4. The Bertz CT molecular complexity index is 808. The summed E-state index contributed by atoms with van der Waals surface area (Å²) < 4.78 is 5.01. The van der Waals surface area contributed by atoms with Crippen LogP contribution in [0, 0.1) is 0 Å². The Morgan fingerprint density at radius 2 is 2.14 bits per heavy atom. The topological polar surface area (TPSA) is 58.6 Å². The van der Waals surface area contributed by atoms with Crippen molar-refractivity contribution in [1.29, 1.82) is 0 Å². The van der Waals surface area contributed by atoms with Crippen molar-refractivity contribution in [2.75, 3.05) is 13.2 Å². The Labute approximate surface area is 171 Å². The number of hydrogen-bond acceptors (Lipinski definition) is 4. The normalized spacial score (nSPS) is 17.0. The number of ether oxygens (including phenoxy) is 1. The van der Waals surface area contributed by atoms with Crippen molar-refractivity contribution in [3.05, 3.63) is 69.7 Å². The van der Waals surface area contributed by atoms with Gasteiger partial charge in [0.05, 0.1) is 12.7 Å². The summed E-state index contributed by atoms with van der Waals surface area (Å²) >= 11 is 6.01. The van der Waals surface area contributed by atoms with Gasteiger partial charge in [0.15, 0.2) is 0 Å². The molecule has 1 aliphatic rings. The molecule has 0 amide bonds. The molecule has 4 nitrogen and oxygen atoms in total. The zero-order valence-corrected chi connectivity index (χ0v) is 17.0. The highest BCUT2D eigenvalue weighted by Crippen LogP contribution is 2.24. The fraction of sp³-hybridized carbons (Fsp3) is 0.435. The van der Waals surface area contributed by atoms with E-state index in [9.17, 15) is 9.90 Å². The maximum Gasteiger partial charge on any atom is 0.306 e. The number of nitrogens with one attached hydrogen (secondary N) is 1. The summed E-state index contributed by atoms with van der Waals surface area (Å²) in [6.45, 7) is 2.76. The molecule has 0 aliphatic heterocycles. The zero-order chi connectivity index (χ0) is 19.9. The van der Waals surface area contributed by atoms with Gasteiger partial charge in [0.25, 0.3) is 0 Å². The largest absolute Gasteiger partial charge is 0.466 e. The summed E-state index contributed by atoms with van der Waals surface area (Å²) in [6.07, 6.45) is 3.56. The van der Waals surface area contributed by atoms with Gasteiger partial charge in [-0.15, -0.1) is 0 Å². The minimum atomic E-state index is -0.573. The Morgan fingerprint density at radius 1 is 1.29 bits per heavy atom. The van der Waals surface area contributed by atoms with E-state index in [1.807, 2.05) is 25.1 Å². The van der Waals surface area contributed by atoms with Crippen LogP contribution >= 0.6 is 11.6 Å². The average molecular weight is 402 g/mol. The molecule has 2 atom stereocenters. The number of carbonyl (C=O) groups is 1. The van der Waals surface area contributed by atoms with Crippen LogP contribution in [0.4, 0.5) is 0 Å². The lowest BCUT2D eigenvalue weighted by molar-refractivity contribution is -0.143. The molecule has 0 unspecified atom stereocenters. The first-order chi connectivity index (χ1) is 13.5. The van der Waals surface area contributed by atoms with Gasteiger partial charge >= 0.3 is 5.97 Å².